The van der Waals surface area contributed by atoms with Gasteiger partial charge in [0.2, 0.25) is 5.95 Å². The van der Waals surface area contributed by atoms with Crippen LogP contribution in [-0.2, 0) is 12.8 Å². The zero-order valence-electron chi connectivity index (χ0n) is 21.8. The van der Waals surface area contributed by atoms with E-state index in [1.165, 1.54) is 24.1 Å². The number of fused-ring (bicyclic) bond motifs is 3. The molecule has 0 radical (unpaired) electrons. The maximum absolute atomic E-state index is 13.6. The standard InChI is InChI=1S/C31H35N5O/c1-36(2)29-26-13-7-8-14-27(26)34-31(35-29)33-23-17-15-22(16-18-23)32-30(37)28-24-11-5-3-9-20(24)19-21-10-4-6-12-25(21)28/h3-6,9-12,19,22-23H,7-8,13-18H2,1-2H3,(H,32,37)(H,33,34,35). The molecule has 1 amide bonds. The SMILES string of the molecule is CN(C)c1nc(NC2CCC(NC(=O)c3c4ccccc4cc4ccccc34)CC2)nc2c1CCCC2. The number of nitrogens with zero attached hydrogens (tertiary/aromatic N) is 3. The summed E-state index contributed by atoms with van der Waals surface area (Å²) in [5.41, 5.74) is 3.30. The molecule has 2 N–H and O–H groups in total. The van der Waals surface area contributed by atoms with Gasteiger partial charge in [-0.1, -0.05) is 48.5 Å². The van der Waals surface area contributed by atoms with Gasteiger partial charge in [-0.25, -0.2) is 4.98 Å². The molecule has 2 aliphatic carbocycles. The number of rotatable bonds is 5. The van der Waals surface area contributed by atoms with E-state index in [0.717, 1.165) is 77.4 Å². The maximum atomic E-state index is 13.6. The zero-order chi connectivity index (χ0) is 25.4. The highest BCUT2D eigenvalue weighted by atomic mass is 16.1. The van der Waals surface area contributed by atoms with Crippen LogP contribution in [-0.4, -0.2) is 42.1 Å². The van der Waals surface area contributed by atoms with Gasteiger partial charge >= 0.3 is 0 Å². The summed E-state index contributed by atoms with van der Waals surface area (Å²) in [4.78, 5) is 25.5. The first kappa shape index (κ1) is 23.7. The Bertz CT molecular complexity index is 1400. The first-order chi connectivity index (χ1) is 18.1. The molecule has 6 heteroatoms. The second-order valence-corrected chi connectivity index (χ2v) is 10.8. The summed E-state index contributed by atoms with van der Waals surface area (Å²) in [6, 6.07) is 19.0. The second-order valence-electron chi connectivity index (χ2n) is 10.8. The predicted molar refractivity (Wildman–Crippen MR) is 152 cm³/mol. The van der Waals surface area contributed by atoms with Gasteiger partial charge in [-0.15, -0.1) is 0 Å². The van der Waals surface area contributed by atoms with Crippen molar-refractivity contribution in [3.63, 3.8) is 0 Å². The van der Waals surface area contributed by atoms with Crippen LogP contribution >= 0.6 is 0 Å². The largest absolute Gasteiger partial charge is 0.362 e. The number of anilines is 2. The van der Waals surface area contributed by atoms with E-state index in [9.17, 15) is 4.79 Å². The van der Waals surface area contributed by atoms with Crippen molar-refractivity contribution >= 4 is 39.2 Å². The first-order valence-electron chi connectivity index (χ1n) is 13.6. The van der Waals surface area contributed by atoms with E-state index >= 15 is 0 Å². The van der Waals surface area contributed by atoms with Gasteiger partial charge < -0.3 is 15.5 Å². The van der Waals surface area contributed by atoms with E-state index in [2.05, 4.69) is 60.0 Å². The average molecular weight is 494 g/mol. The third-order valence-corrected chi connectivity index (χ3v) is 7.98. The molecular formula is C31H35N5O. The van der Waals surface area contributed by atoms with Gasteiger partial charge in [0.05, 0.1) is 11.3 Å². The molecule has 1 fully saturated rings. The Morgan fingerprint density at radius 1 is 0.838 bits per heavy atom. The molecule has 190 valence electrons. The number of nitrogens with one attached hydrogen (secondary N) is 2. The topological polar surface area (TPSA) is 70.2 Å². The molecule has 37 heavy (non-hydrogen) atoms. The fourth-order valence-corrected chi connectivity index (χ4v) is 6.09. The summed E-state index contributed by atoms with van der Waals surface area (Å²) in [7, 11) is 4.13. The lowest BCUT2D eigenvalue weighted by Gasteiger charge is -2.30. The van der Waals surface area contributed by atoms with Gasteiger partial charge in [-0.2, -0.15) is 4.98 Å². The van der Waals surface area contributed by atoms with Crippen molar-refractivity contribution in [3.05, 3.63) is 71.4 Å². The number of aromatic nitrogens is 2. The first-order valence-corrected chi connectivity index (χ1v) is 13.6. The van der Waals surface area contributed by atoms with Gasteiger partial charge in [0.25, 0.3) is 5.91 Å². The Kier molecular flexibility index (Phi) is 6.41. The lowest BCUT2D eigenvalue weighted by atomic mass is 9.90. The highest BCUT2D eigenvalue weighted by molar-refractivity contribution is 6.18. The molecule has 0 aliphatic heterocycles. The maximum Gasteiger partial charge on any atom is 0.252 e. The minimum Gasteiger partial charge on any atom is -0.362 e. The van der Waals surface area contributed by atoms with E-state index in [1.54, 1.807) is 0 Å². The molecule has 6 nitrogen and oxygen atoms in total. The Morgan fingerprint density at radius 3 is 2.14 bits per heavy atom. The third-order valence-electron chi connectivity index (χ3n) is 7.98. The number of carbonyl (C=O) groups excluding carboxylic acids is 1. The molecule has 0 atom stereocenters. The van der Waals surface area contributed by atoms with Crippen molar-refractivity contribution in [2.45, 2.75) is 63.5 Å². The molecule has 0 saturated heterocycles. The number of hydrogen-bond donors (Lipinski definition) is 2. The fourth-order valence-electron chi connectivity index (χ4n) is 6.09. The van der Waals surface area contributed by atoms with Gasteiger partial charge in [0.15, 0.2) is 0 Å². The fraction of sp³-hybridized carbons (Fsp3) is 0.387. The zero-order valence-corrected chi connectivity index (χ0v) is 21.8. The van der Waals surface area contributed by atoms with Crippen molar-refractivity contribution in [2.75, 3.05) is 24.3 Å². The molecule has 6 rings (SSSR count). The molecule has 1 saturated carbocycles. The Balaban J connectivity index is 1.15. The van der Waals surface area contributed by atoms with Crippen molar-refractivity contribution < 1.29 is 4.79 Å². The van der Waals surface area contributed by atoms with Crippen LogP contribution in [0, 0.1) is 0 Å². The van der Waals surface area contributed by atoms with E-state index in [4.69, 9.17) is 9.97 Å². The molecule has 0 bridgehead atoms. The van der Waals surface area contributed by atoms with E-state index < -0.39 is 0 Å². The summed E-state index contributed by atoms with van der Waals surface area (Å²) in [6.07, 6.45) is 8.38. The lowest BCUT2D eigenvalue weighted by Crippen LogP contribution is -2.40. The molecule has 1 heterocycles. The van der Waals surface area contributed by atoms with Crippen LogP contribution in [0.3, 0.4) is 0 Å². The smallest absolute Gasteiger partial charge is 0.252 e. The van der Waals surface area contributed by atoms with Crippen molar-refractivity contribution in [1.82, 2.24) is 15.3 Å². The van der Waals surface area contributed by atoms with E-state index in [1.807, 2.05) is 24.3 Å². The highest BCUT2D eigenvalue weighted by Gasteiger charge is 2.26. The molecule has 0 spiro atoms. The van der Waals surface area contributed by atoms with Crippen LogP contribution in [0.4, 0.5) is 11.8 Å². The molecule has 3 aromatic carbocycles. The van der Waals surface area contributed by atoms with Gasteiger partial charge in [0, 0.05) is 31.7 Å². The van der Waals surface area contributed by atoms with Gasteiger partial charge in [-0.05, 0) is 79.0 Å². The van der Waals surface area contributed by atoms with E-state index in [-0.39, 0.29) is 11.9 Å². The van der Waals surface area contributed by atoms with Crippen molar-refractivity contribution in [3.8, 4) is 0 Å². The Morgan fingerprint density at radius 2 is 1.46 bits per heavy atom. The van der Waals surface area contributed by atoms with Crippen LogP contribution in [0.5, 0.6) is 0 Å². The van der Waals surface area contributed by atoms with Gasteiger partial charge in [-0.3, -0.25) is 4.79 Å². The third kappa shape index (κ3) is 4.73. The van der Waals surface area contributed by atoms with Gasteiger partial charge in [0.1, 0.15) is 5.82 Å². The monoisotopic (exact) mass is 493 g/mol. The quantitative estimate of drug-likeness (QED) is 0.340. The second kappa shape index (κ2) is 10.0. The predicted octanol–water partition coefficient (Wildman–Crippen LogP) is 5.88. The summed E-state index contributed by atoms with van der Waals surface area (Å²) < 4.78 is 0. The highest BCUT2D eigenvalue weighted by Crippen LogP contribution is 2.31. The summed E-state index contributed by atoms with van der Waals surface area (Å²) in [5, 5.41) is 11.2. The van der Waals surface area contributed by atoms with Crippen LogP contribution in [0.15, 0.2) is 54.6 Å². The minimum atomic E-state index is 0.0260. The molecule has 2 aliphatic rings. The number of aryl methyl sites for hydroxylation is 1. The average Bonchev–Trinajstić information content (AvgIpc) is 2.92. The summed E-state index contributed by atoms with van der Waals surface area (Å²) >= 11 is 0. The van der Waals surface area contributed by atoms with E-state index in [0.29, 0.717) is 6.04 Å². The van der Waals surface area contributed by atoms with Crippen LogP contribution < -0.4 is 15.5 Å². The minimum absolute atomic E-state index is 0.0260. The van der Waals surface area contributed by atoms with Crippen molar-refractivity contribution in [2.24, 2.45) is 0 Å². The van der Waals surface area contributed by atoms with Crippen molar-refractivity contribution in [1.29, 1.82) is 0 Å². The summed E-state index contributed by atoms with van der Waals surface area (Å²) in [6.45, 7) is 0. The number of benzene rings is 3. The molecule has 4 aromatic rings. The van der Waals surface area contributed by atoms with Crippen LogP contribution in [0.1, 0.15) is 60.1 Å². The van der Waals surface area contributed by atoms with Crippen LogP contribution in [0.2, 0.25) is 0 Å². The molecule has 1 aromatic heterocycles. The van der Waals surface area contributed by atoms with Crippen LogP contribution in [0.25, 0.3) is 21.5 Å². The Labute approximate surface area is 218 Å². The number of carbonyl (C=O) groups is 1. The number of hydrogen-bond acceptors (Lipinski definition) is 5. The summed E-state index contributed by atoms with van der Waals surface area (Å²) in [5.74, 6) is 1.83. The normalized spacial score (nSPS) is 19.4. The Hall–Kier alpha value is -3.67. The number of amides is 1. The molecule has 0 unspecified atom stereocenters. The lowest BCUT2D eigenvalue weighted by molar-refractivity contribution is 0.0930. The molecular weight excluding hydrogens is 458 g/mol.